The molecule has 2 saturated carbocycles. The lowest BCUT2D eigenvalue weighted by atomic mass is 9.86. The topological polar surface area (TPSA) is 33.8 Å². The molecule has 2 saturated heterocycles. The van der Waals surface area contributed by atoms with Crippen LogP contribution in [0.25, 0.3) is 0 Å². The molecule has 0 spiro atoms. The Kier molecular flexibility index (Phi) is 5.66. The Bertz CT molecular complexity index is 445. The van der Waals surface area contributed by atoms with E-state index in [1.165, 1.54) is 44.9 Å². The molecule has 25 heavy (non-hydrogen) atoms. The second-order valence-corrected chi connectivity index (χ2v) is 10.3. The third-order valence-electron chi connectivity index (χ3n) is 7.41. The molecule has 2 N–H and O–H groups in total. The number of nitrogens with one attached hydrogen (secondary N) is 2. The van der Waals surface area contributed by atoms with Crippen molar-refractivity contribution in [2.75, 3.05) is 27.7 Å². The lowest BCUT2D eigenvalue weighted by Gasteiger charge is -2.32. The van der Waals surface area contributed by atoms with Gasteiger partial charge in [0.1, 0.15) is 5.50 Å². The highest BCUT2D eigenvalue weighted by Gasteiger charge is 2.44. The van der Waals surface area contributed by atoms with Gasteiger partial charge >= 0.3 is 0 Å². The van der Waals surface area contributed by atoms with Crippen LogP contribution in [0.15, 0.2) is 0 Å². The molecule has 2 aliphatic heterocycles. The molecule has 4 rings (SSSR count). The molecule has 6 heteroatoms. The van der Waals surface area contributed by atoms with E-state index in [-0.39, 0.29) is 0 Å². The van der Waals surface area contributed by atoms with E-state index < -0.39 is 0 Å². The van der Waals surface area contributed by atoms with Crippen LogP contribution in [0.2, 0.25) is 0 Å². The van der Waals surface area contributed by atoms with Crippen molar-refractivity contribution in [1.29, 1.82) is 0 Å². The molecule has 4 aliphatic rings. The third kappa shape index (κ3) is 3.50. The summed E-state index contributed by atoms with van der Waals surface area (Å²) < 4.78 is 0. The number of likely N-dealkylation sites (N-methyl/N-ethyl adjacent to an activating group) is 2. The van der Waals surface area contributed by atoms with E-state index in [0.29, 0.717) is 11.7 Å². The molecule has 4 fully saturated rings. The molecule has 0 aromatic carbocycles. The fraction of sp³-hybridized carbons (Fsp3) is 1.00. The molecule has 6 atom stereocenters. The van der Waals surface area contributed by atoms with E-state index in [1.807, 2.05) is 0 Å². The lowest BCUT2D eigenvalue weighted by molar-refractivity contribution is 0.135. The molecular formula is C19H37N5S. The number of nitrogens with zero attached hydrogens (tertiary/aromatic N) is 3. The lowest BCUT2D eigenvalue weighted by Crippen LogP contribution is -2.53. The summed E-state index contributed by atoms with van der Waals surface area (Å²) in [7, 11) is 6.95. The standard InChI is InChI=1S/C19H37N5S/c1-13-9-10-16-17(11-13)25-19(24(16)4)21-20-12-18-22(2)14-7-5-6-8-15(14)23(18)3/h13-21H,5-12H2,1-4H3. The minimum Gasteiger partial charge on any atom is -0.285 e. The van der Waals surface area contributed by atoms with Crippen molar-refractivity contribution in [3.8, 4) is 0 Å². The first-order chi connectivity index (χ1) is 12.1. The van der Waals surface area contributed by atoms with Gasteiger partial charge in [0.15, 0.2) is 0 Å². The van der Waals surface area contributed by atoms with Crippen LogP contribution in [-0.2, 0) is 0 Å². The van der Waals surface area contributed by atoms with Gasteiger partial charge in [0, 0.05) is 29.9 Å². The van der Waals surface area contributed by atoms with Gasteiger partial charge in [-0.2, -0.15) is 0 Å². The van der Waals surface area contributed by atoms with Crippen molar-refractivity contribution in [3.63, 3.8) is 0 Å². The molecule has 0 bridgehead atoms. The Morgan fingerprint density at radius 1 is 0.880 bits per heavy atom. The predicted molar refractivity (Wildman–Crippen MR) is 106 cm³/mol. The van der Waals surface area contributed by atoms with E-state index >= 15 is 0 Å². The minimum absolute atomic E-state index is 0.416. The van der Waals surface area contributed by atoms with Crippen molar-refractivity contribution in [3.05, 3.63) is 0 Å². The number of hydrogen-bond acceptors (Lipinski definition) is 6. The zero-order chi connectivity index (χ0) is 17.6. The first-order valence-electron chi connectivity index (χ1n) is 10.4. The maximum absolute atomic E-state index is 3.64. The molecule has 2 aliphatic carbocycles. The highest BCUT2D eigenvalue weighted by Crippen LogP contribution is 2.42. The second-order valence-electron chi connectivity index (χ2n) is 8.93. The van der Waals surface area contributed by atoms with Crippen molar-refractivity contribution in [2.24, 2.45) is 5.92 Å². The van der Waals surface area contributed by atoms with Crippen LogP contribution in [0, 0.1) is 5.92 Å². The third-order valence-corrected chi connectivity index (χ3v) is 8.97. The Hall–Kier alpha value is 0.150. The normalized spacial score (nSPS) is 46.3. The van der Waals surface area contributed by atoms with E-state index in [2.05, 4.69) is 65.4 Å². The predicted octanol–water partition coefficient (Wildman–Crippen LogP) is 2.11. The first-order valence-corrected chi connectivity index (χ1v) is 11.3. The average molecular weight is 368 g/mol. The van der Waals surface area contributed by atoms with Crippen molar-refractivity contribution < 1.29 is 0 Å². The maximum Gasteiger partial charge on any atom is 0.121 e. The Morgan fingerprint density at radius 2 is 1.56 bits per heavy atom. The van der Waals surface area contributed by atoms with Gasteiger partial charge in [0.2, 0.25) is 0 Å². The van der Waals surface area contributed by atoms with Crippen LogP contribution in [0.3, 0.4) is 0 Å². The second kappa shape index (κ2) is 7.64. The van der Waals surface area contributed by atoms with Gasteiger partial charge in [-0.1, -0.05) is 19.8 Å². The molecule has 5 nitrogen and oxygen atoms in total. The molecule has 0 amide bonds. The van der Waals surface area contributed by atoms with Crippen LogP contribution in [0.5, 0.6) is 0 Å². The largest absolute Gasteiger partial charge is 0.285 e. The number of rotatable bonds is 4. The van der Waals surface area contributed by atoms with Crippen LogP contribution >= 0.6 is 11.8 Å². The number of hydrogen-bond donors (Lipinski definition) is 2. The van der Waals surface area contributed by atoms with E-state index in [0.717, 1.165) is 35.8 Å². The minimum atomic E-state index is 0.416. The van der Waals surface area contributed by atoms with Gasteiger partial charge in [-0.05, 0) is 59.2 Å². The Labute approximate surface area is 158 Å². The Balaban J connectivity index is 1.28. The van der Waals surface area contributed by atoms with Crippen LogP contribution in [0.4, 0.5) is 0 Å². The summed E-state index contributed by atoms with van der Waals surface area (Å²) in [6.45, 7) is 3.41. The highest BCUT2D eigenvalue weighted by atomic mass is 32.2. The van der Waals surface area contributed by atoms with Crippen molar-refractivity contribution in [2.45, 2.75) is 86.9 Å². The first kappa shape index (κ1) is 18.5. The van der Waals surface area contributed by atoms with Crippen LogP contribution in [-0.4, -0.2) is 77.4 Å². The van der Waals surface area contributed by atoms with Gasteiger partial charge in [-0.15, -0.1) is 11.8 Å². The summed E-state index contributed by atoms with van der Waals surface area (Å²) in [5, 5.41) is 0.813. The smallest absolute Gasteiger partial charge is 0.121 e. The maximum atomic E-state index is 3.64. The molecule has 0 aromatic heterocycles. The molecular weight excluding hydrogens is 330 g/mol. The molecule has 2 heterocycles. The summed E-state index contributed by atoms with van der Waals surface area (Å²) >= 11 is 2.14. The molecule has 6 unspecified atom stereocenters. The van der Waals surface area contributed by atoms with Gasteiger partial charge in [0.05, 0.1) is 6.17 Å². The highest BCUT2D eigenvalue weighted by molar-refractivity contribution is 8.00. The average Bonchev–Trinajstić information content (AvgIpc) is 3.04. The van der Waals surface area contributed by atoms with Gasteiger partial charge < -0.3 is 0 Å². The summed E-state index contributed by atoms with van der Waals surface area (Å²) in [5.41, 5.74) is 7.65. The number of thioether (sulfide) groups is 1. The monoisotopic (exact) mass is 367 g/mol. The SMILES string of the molecule is CC1CCC2C(C1)SC(NNCC1N(C)C3CCCCC3N1C)N2C. The zero-order valence-corrected chi connectivity index (χ0v) is 17.3. The fourth-order valence-corrected chi connectivity index (χ4v) is 7.57. The number of fused-ring (bicyclic) bond motifs is 2. The van der Waals surface area contributed by atoms with E-state index in [9.17, 15) is 0 Å². The quantitative estimate of drug-likeness (QED) is 0.741. The number of hydrazine groups is 1. The molecule has 0 radical (unpaired) electrons. The van der Waals surface area contributed by atoms with Crippen LogP contribution in [0.1, 0.15) is 51.9 Å². The Morgan fingerprint density at radius 3 is 2.24 bits per heavy atom. The fourth-order valence-electron chi connectivity index (χ4n) is 5.79. The van der Waals surface area contributed by atoms with Crippen LogP contribution < -0.4 is 10.9 Å². The summed E-state index contributed by atoms with van der Waals surface area (Å²) in [6.07, 6.45) is 10.2. The van der Waals surface area contributed by atoms with E-state index in [4.69, 9.17) is 0 Å². The zero-order valence-electron chi connectivity index (χ0n) is 16.4. The van der Waals surface area contributed by atoms with Crippen molar-refractivity contribution >= 4 is 11.8 Å². The molecule has 144 valence electrons. The summed E-state index contributed by atoms with van der Waals surface area (Å²) in [4.78, 5) is 7.80. The summed E-state index contributed by atoms with van der Waals surface area (Å²) in [5.74, 6) is 0.901. The molecule has 0 aromatic rings. The van der Waals surface area contributed by atoms with Gasteiger partial charge in [0.25, 0.3) is 0 Å². The van der Waals surface area contributed by atoms with Gasteiger partial charge in [-0.25, -0.2) is 5.43 Å². The summed E-state index contributed by atoms with van der Waals surface area (Å²) in [6, 6.07) is 2.29. The van der Waals surface area contributed by atoms with Crippen molar-refractivity contribution in [1.82, 2.24) is 25.6 Å². The van der Waals surface area contributed by atoms with E-state index in [1.54, 1.807) is 0 Å². The van der Waals surface area contributed by atoms with Gasteiger partial charge in [-0.3, -0.25) is 20.1 Å².